The fraction of sp³-hybridized carbons (Fsp3) is 0.250. The van der Waals surface area contributed by atoms with Crippen molar-refractivity contribution in [2.45, 2.75) is 13.8 Å². The van der Waals surface area contributed by atoms with E-state index in [-0.39, 0.29) is 44.4 Å². The third-order valence-corrected chi connectivity index (χ3v) is 2.48. The Morgan fingerprint density at radius 1 is 0.842 bits per heavy atom. The van der Waals surface area contributed by atoms with Crippen molar-refractivity contribution in [3.05, 3.63) is 21.8 Å². The molecular formula is C8H6N6O5. The van der Waals surface area contributed by atoms with E-state index >= 15 is 0 Å². The average Bonchev–Trinajstić information content (AvgIpc) is 3.05. The summed E-state index contributed by atoms with van der Waals surface area (Å²) < 4.78 is 14.0. The molecule has 0 aromatic carbocycles. The van der Waals surface area contributed by atoms with Gasteiger partial charge in [0.15, 0.2) is 0 Å². The van der Waals surface area contributed by atoms with Gasteiger partial charge < -0.3 is 14.8 Å². The van der Waals surface area contributed by atoms with E-state index in [0.29, 0.717) is 0 Å². The van der Waals surface area contributed by atoms with Crippen LogP contribution in [0, 0.1) is 24.3 Å². The molecule has 0 aliphatic rings. The highest BCUT2D eigenvalue weighted by molar-refractivity contribution is 5.52. The van der Waals surface area contributed by atoms with Gasteiger partial charge in [0.1, 0.15) is 0 Å². The highest BCUT2D eigenvalue weighted by atomic mass is 16.8. The highest BCUT2D eigenvalue weighted by Gasteiger charge is 2.27. The van der Waals surface area contributed by atoms with E-state index in [1.807, 2.05) is 0 Å². The van der Waals surface area contributed by atoms with Crippen molar-refractivity contribution in [3.63, 3.8) is 0 Å². The normalized spacial score (nSPS) is 11.1. The van der Waals surface area contributed by atoms with Crippen LogP contribution in [0.2, 0.25) is 0 Å². The Kier molecular flexibility index (Phi) is 2.20. The summed E-state index contributed by atoms with van der Waals surface area (Å²) >= 11 is 0. The maximum absolute atomic E-state index is 11.1. The molecule has 0 aliphatic carbocycles. The van der Waals surface area contributed by atoms with Crippen LogP contribution < -0.4 is 9.81 Å². The zero-order valence-corrected chi connectivity index (χ0v) is 9.72. The number of hydrogen-bond donors (Lipinski definition) is 0. The van der Waals surface area contributed by atoms with Gasteiger partial charge in [-0.3, -0.25) is 9.26 Å². The van der Waals surface area contributed by atoms with Crippen molar-refractivity contribution in [1.29, 1.82) is 0 Å². The maximum atomic E-state index is 11.1. The van der Waals surface area contributed by atoms with Gasteiger partial charge in [-0.2, -0.15) is 0 Å². The second-order valence-electron chi connectivity index (χ2n) is 3.64. The molecule has 0 fully saturated rings. The monoisotopic (exact) mass is 266 g/mol. The Balaban J connectivity index is 2.05. The molecule has 3 rings (SSSR count). The quantitative estimate of drug-likeness (QED) is 0.547. The molecule has 0 N–H and O–H groups in total. The number of rotatable bonds is 2. The molecule has 98 valence electrons. The zero-order valence-electron chi connectivity index (χ0n) is 9.72. The molecule has 3 aromatic rings. The standard InChI is InChI=1S/C8H6N6O5/c1-3-5(11-18-13(3)15)7-9-10-8(17-7)6-4(2)14(16)19-12-6/h1-2H3. The van der Waals surface area contributed by atoms with Crippen molar-refractivity contribution < 1.29 is 23.5 Å². The molecule has 11 heteroatoms. The van der Waals surface area contributed by atoms with Crippen LogP contribution in [0.3, 0.4) is 0 Å². The van der Waals surface area contributed by atoms with Crippen molar-refractivity contribution in [3.8, 4) is 23.2 Å². The second-order valence-corrected chi connectivity index (χ2v) is 3.64. The number of hydrogen-bond acceptors (Lipinski definition) is 9. The topological polar surface area (TPSA) is 145 Å². The van der Waals surface area contributed by atoms with Gasteiger partial charge in [-0.05, 0) is 9.81 Å². The molecule has 19 heavy (non-hydrogen) atoms. The van der Waals surface area contributed by atoms with Crippen LogP contribution >= 0.6 is 0 Å². The first-order valence-electron chi connectivity index (χ1n) is 5.05. The Morgan fingerprint density at radius 3 is 1.58 bits per heavy atom. The lowest BCUT2D eigenvalue weighted by atomic mass is 10.3. The van der Waals surface area contributed by atoms with E-state index < -0.39 is 0 Å². The minimum absolute atomic E-state index is 0.0225. The van der Waals surface area contributed by atoms with Crippen molar-refractivity contribution in [2.24, 2.45) is 0 Å². The fourth-order valence-corrected chi connectivity index (χ4v) is 1.39. The summed E-state index contributed by atoms with van der Waals surface area (Å²) in [6, 6.07) is 0. The van der Waals surface area contributed by atoms with E-state index in [4.69, 9.17) is 4.42 Å². The minimum atomic E-state index is -0.0225. The largest absolute Gasteiger partial charge is 0.409 e. The maximum Gasteiger partial charge on any atom is 0.307 e. The van der Waals surface area contributed by atoms with E-state index in [0.717, 1.165) is 0 Å². The molecule has 0 spiro atoms. The van der Waals surface area contributed by atoms with Gasteiger partial charge in [0.25, 0.3) is 11.8 Å². The smallest absolute Gasteiger partial charge is 0.307 e. The van der Waals surface area contributed by atoms with Crippen LogP contribution in [0.1, 0.15) is 11.4 Å². The van der Waals surface area contributed by atoms with Crippen molar-refractivity contribution >= 4 is 0 Å². The van der Waals surface area contributed by atoms with Gasteiger partial charge in [0.05, 0.1) is 10.3 Å². The predicted molar refractivity (Wildman–Crippen MR) is 52.7 cm³/mol. The average molecular weight is 266 g/mol. The van der Waals surface area contributed by atoms with E-state index in [9.17, 15) is 10.4 Å². The number of nitrogens with zero attached hydrogens (tertiary/aromatic N) is 6. The Morgan fingerprint density at radius 2 is 1.26 bits per heavy atom. The van der Waals surface area contributed by atoms with Gasteiger partial charge in [0.2, 0.25) is 11.4 Å². The van der Waals surface area contributed by atoms with E-state index in [1.165, 1.54) is 13.8 Å². The molecule has 0 bridgehead atoms. The Labute approximate surface area is 104 Å². The van der Waals surface area contributed by atoms with Gasteiger partial charge in [0, 0.05) is 13.8 Å². The molecule has 3 aromatic heterocycles. The molecule has 0 amide bonds. The Bertz CT molecular complexity index is 682. The first-order chi connectivity index (χ1) is 9.08. The first-order valence-corrected chi connectivity index (χ1v) is 5.05. The molecule has 0 saturated heterocycles. The summed E-state index contributed by atoms with van der Waals surface area (Å²) in [5, 5.41) is 36.5. The molecule has 0 saturated carbocycles. The van der Waals surface area contributed by atoms with Gasteiger partial charge >= 0.3 is 11.4 Å². The lowest BCUT2D eigenvalue weighted by molar-refractivity contribution is -0.806. The minimum Gasteiger partial charge on any atom is -0.409 e. The molecule has 0 radical (unpaired) electrons. The SMILES string of the molecule is Cc1c(-c2nnc(-c3no[n+]([O-])c3C)o2)no[n+]1[O-]. The predicted octanol–water partition coefficient (Wildman–Crippen LogP) is -0.737. The zero-order chi connectivity index (χ0) is 13.6. The Hall–Kier alpha value is -2.98. The molecule has 0 unspecified atom stereocenters. The van der Waals surface area contributed by atoms with E-state index in [1.54, 1.807) is 0 Å². The molecule has 11 nitrogen and oxygen atoms in total. The lowest BCUT2D eigenvalue weighted by Crippen LogP contribution is -2.25. The van der Waals surface area contributed by atoms with Crippen molar-refractivity contribution in [2.75, 3.05) is 0 Å². The van der Waals surface area contributed by atoms with Crippen LogP contribution in [0.5, 0.6) is 0 Å². The third-order valence-electron chi connectivity index (χ3n) is 2.48. The van der Waals surface area contributed by atoms with Crippen LogP contribution in [0.15, 0.2) is 13.7 Å². The molecule has 0 aliphatic heterocycles. The molecule has 0 atom stereocenters. The highest BCUT2D eigenvalue weighted by Crippen LogP contribution is 2.23. The van der Waals surface area contributed by atoms with Gasteiger partial charge in [-0.1, -0.05) is 0 Å². The van der Waals surface area contributed by atoms with Crippen molar-refractivity contribution in [1.82, 2.24) is 20.5 Å². The van der Waals surface area contributed by atoms with Crippen LogP contribution in [0.25, 0.3) is 23.2 Å². The van der Waals surface area contributed by atoms with Crippen LogP contribution in [0.4, 0.5) is 0 Å². The second kappa shape index (κ2) is 3.76. The van der Waals surface area contributed by atoms with Crippen LogP contribution in [-0.2, 0) is 0 Å². The number of aromatic nitrogens is 6. The van der Waals surface area contributed by atoms with Gasteiger partial charge in [-0.25, -0.2) is 0 Å². The fourth-order valence-electron chi connectivity index (χ4n) is 1.39. The third kappa shape index (κ3) is 1.59. The first kappa shape index (κ1) is 11.1. The molecular weight excluding hydrogens is 260 g/mol. The van der Waals surface area contributed by atoms with Crippen LogP contribution in [-0.4, -0.2) is 20.5 Å². The van der Waals surface area contributed by atoms with Gasteiger partial charge in [-0.15, -0.1) is 10.2 Å². The summed E-state index contributed by atoms with van der Waals surface area (Å²) in [6.07, 6.45) is 0. The molecule has 3 heterocycles. The summed E-state index contributed by atoms with van der Waals surface area (Å²) in [4.78, 5) is 0.429. The summed E-state index contributed by atoms with van der Waals surface area (Å²) in [6.45, 7) is 2.96. The lowest BCUT2D eigenvalue weighted by Gasteiger charge is -1.85. The summed E-state index contributed by atoms with van der Waals surface area (Å²) in [5.74, 6) is -0.0450. The summed E-state index contributed by atoms with van der Waals surface area (Å²) in [7, 11) is 0. The van der Waals surface area contributed by atoms with E-state index in [2.05, 4.69) is 29.8 Å². The summed E-state index contributed by atoms with van der Waals surface area (Å²) in [5.41, 5.74) is 0.576.